The summed E-state index contributed by atoms with van der Waals surface area (Å²) in [5.41, 5.74) is 1.80. The third kappa shape index (κ3) is 2.75. The van der Waals surface area contributed by atoms with Crippen molar-refractivity contribution in [1.29, 1.82) is 0 Å². The van der Waals surface area contributed by atoms with Crippen molar-refractivity contribution in [1.82, 2.24) is 9.88 Å². The zero-order valence-corrected chi connectivity index (χ0v) is 10.1. The van der Waals surface area contributed by atoms with Gasteiger partial charge in [0.15, 0.2) is 0 Å². The van der Waals surface area contributed by atoms with Crippen molar-refractivity contribution in [3.8, 4) is 0 Å². The number of aromatic nitrogens is 1. The van der Waals surface area contributed by atoms with Crippen LogP contribution in [0.25, 0.3) is 0 Å². The highest BCUT2D eigenvalue weighted by Gasteiger charge is 2.11. The van der Waals surface area contributed by atoms with Crippen molar-refractivity contribution >= 4 is 5.91 Å². The highest BCUT2D eigenvalue weighted by molar-refractivity contribution is 5.94. The Morgan fingerprint density at radius 3 is 2.53 bits per heavy atom. The second-order valence-electron chi connectivity index (χ2n) is 4.17. The van der Waals surface area contributed by atoms with E-state index in [9.17, 15) is 4.79 Å². The Morgan fingerprint density at radius 2 is 1.94 bits per heavy atom. The number of amides is 1. The molecule has 0 fully saturated rings. The van der Waals surface area contributed by atoms with Crippen molar-refractivity contribution in [2.75, 3.05) is 0 Å². The summed E-state index contributed by atoms with van der Waals surface area (Å²) in [6.07, 6.45) is 3.68. The summed E-state index contributed by atoms with van der Waals surface area (Å²) >= 11 is 0. The molecule has 0 aliphatic rings. The summed E-state index contributed by atoms with van der Waals surface area (Å²) in [5.74, 6) is -0.0399. The smallest absolute Gasteiger partial charge is 0.253 e. The molecule has 0 bridgehead atoms. The zero-order chi connectivity index (χ0) is 12.3. The molecule has 2 rings (SSSR count). The number of benzene rings is 1. The van der Waals surface area contributed by atoms with Gasteiger partial charge in [-0.15, -0.1) is 0 Å². The van der Waals surface area contributed by atoms with Crippen molar-refractivity contribution in [2.45, 2.75) is 13.0 Å². The first kappa shape index (κ1) is 11.5. The van der Waals surface area contributed by atoms with Gasteiger partial charge in [0.2, 0.25) is 0 Å². The maximum Gasteiger partial charge on any atom is 0.253 e. The molecule has 1 atom stereocenters. The molecule has 1 amide bonds. The average Bonchev–Trinajstić information content (AvgIpc) is 2.77. The predicted molar refractivity (Wildman–Crippen MR) is 67.7 cm³/mol. The van der Waals surface area contributed by atoms with E-state index in [0.29, 0.717) is 5.56 Å². The third-order valence-corrected chi connectivity index (χ3v) is 2.74. The highest BCUT2D eigenvalue weighted by Crippen LogP contribution is 2.12. The number of nitrogens with one attached hydrogen (secondary N) is 1. The van der Waals surface area contributed by atoms with Gasteiger partial charge in [-0.25, -0.2) is 0 Å². The normalized spacial score (nSPS) is 12.1. The minimum absolute atomic E-state index is 0.0175. The van der Waals surface area contributed by atoms with E-state index < -0.39 is 0 Å². The lowest BCUT2D eigenvalue weighted by atomic mass is 10.1. The Balaban J connectivity index is 2.04. The third-order valence-electron chi connectivity index (χ3n) is 2.74. The van der Waals surface area contributed by atoms with Gasteiger partial charge in [0.05, 0.1) is 11.6 Å². The molecule has 0 saturated heterocycles. The maximum atomic E-state index is 11.9. The Kier molecular flexibility index (Phi) is 3.28. The van der Waals surface area contributed by atoms with E-state index in [1.54, 1.807) is 0 Å². The average molecular weight is 228 g/mol. The molecule has 0 aliphatic heterocycles. The van der Waals surface area contributed by atoms with E-state index in [4.69, 9.17) is 0 Å². The molecule has 1 heterocycles. The summed E-state index contributed by atoms with van der Waals surface area (Å²) in [7, 11) is 1.90. The first-order chi connectivity index (χ1) is 8.16. The van der Waals surface area contributed by atoms with Crippen molar-refractivity contribution in [2.24, 2.45) is 7.05 Å². The molecule has 88 valence electrons. The molecule has 0 aliphatic carbocycles. The Morgan fingerprint density at radius 1 is 1.24 bits per heavy atom. The minimum Gasteiger partial charge on any atom is -0.356 e. The molecule has 1 N–H and O–H groups in total. The van der Waals surface area contributed by atoms with Crippen LogP contribution in [0.1, 0.15) is 28.9 Å². The van der Waals surface area contributed by atoms with Crippen LogP contribution in [0, 0.1) is 0 Å². The van der Waals surface area contributed by atoms with Crippen molar-refractivity contribution in [3.05, 3.63) is 59.9 Å². The maximum absolute atomic E-state index is 11.9. The number of aryl methyl sites for hydroxylation is 1. The molecule has 3 nitrogen and oxygen atoms in total. The van der Waals surface area contributed by atoms with E-state index in [1.807, 2.05) is 67.3 Å². The number of hydrogen-bond donors (Lipinski definition) is 1. The quantitative estimate of drug-likeness (QED) is 0.860. The van der Waals surface area contributed by atoms with Gasteiger partial charge in [-0.05, 0) is 18.6 Å². The Hall–Kier alpha value is -2.03. The van der Waals surface area contributed by atoms with Crippen LogP contribution in [0.15, 0.2) is 48.8 Å². The summed E-state index contributed by atoms with van der Waals surface area (Å²) in [4.78, 5) is 11.9. The van der Waals surface area contributed by atoms with Gasteiger partial charge in [-0.3, -0.25) is 4.79 Å². The molecule has 17 heavy (non-hydrogen) atoms. The van der Waals surface area contributed by atoms with Gasteiger partial charge in [0, 0.05) is 19.4 Å². The van der Waals surface area contributed by atoms with Gasteiger partial charge < -0.3 is 9.88 Å². The van der Waals surface area contributed by atoms with Gasteiger partial charge in [-0.1, -0.05) is 30.3 Å². The fourth-order valence-electron chi connectivity index (χ4n) is 1.74. The van der Waals surface area contributed by atoms with Crippen molar-refractivity contribution in [3.63, 3.8) is 0 Å². The van der Waals surface area contributed by atoms with Crippen molar-refractivity contribution < 1.29 is 4.79 Å². The van der Waals surface area contributed by atoms with Crippen LogP contribution >= 0.6 is 0 Å². The summed E-state index contributed by atoms with van der Waals surface area (Å²) < 4.78 is 1.86. The first-order valence-corrected chi connectivity index (χ1v) is 5.64. The highest BCUT2D eigenvalue weighted by atomic mass is 16.1. The minimum atomic E-state index is -0.0399. The number of hydrogen-bond acceptors (Lipinski definition) is 1. The molecule has 3 heteroatoms. The van der Waals surface area contributed by atoms with Crippen LogP contribution in [-0.2, 0) is 7.05 Å². The van der Waals surface area contributed by atoms with Crippen LogP contribution in [0.2, 0.25) is 0 Å². The van der Waals surface area contributed by atoms with E-state index in [-0.39, 0.29) is 11.9 Å². The second kappa shape index (κ2) is 4.87. The molecular formula is C14H16N2O. The number of carbonyl (C=O) groups excluding carboxylic acids is 1. The van der Waals surface area contributed by atoms with E-state index in [1.165, 1.54) is 0 Å². The standard InChI is InChI=1S/C14H16N2O/c1-11(12-6-4-3-5-7-12)15-14(17)13-8-9-16(2)10-13/h3-11H,1-2H3,(H,15,17). The van der Waals surface area contributed by atoms with Gasteiger partial charge in [-0.2, -0.15) is 0 Å². The molecular weight excluding hydrogens is 212 g/mol. The van der Waals surface area contributed by atoms with Gasteiger partial charge in [0.25, 0.3) is 5.91 Å². The zero-order valence-electron chi connectivity index (χ0n) is 10.1. The van der Waals surface area contributed by atoms with E-state index in [0.717, 1.165) is 5.56 Å². The largest absolute Gasteiger partial charge is 0.356 e. The molecule has 1 aromatic heterocycles. The van der Waals surface area contributed by atoms with Gasteiger partial charge in [0.1, 0.15) is 0 Å². The lowest BCUT2D eigenvalue weighted by molar-refractivity contribution is 0.0940. The van der Waals surface area contributed by atoms with Gasteiger partial charge >= 0.3 is 0 Å². The van der Waals surface area contributed by atoms with Crippen LogP contribution in [-0.4, -0.2) is 10.5 Å². The fraction of sp³-hybridized carbons (Fsp3) is 0.214. The predicted octanol–water partition coefficient (Wildman–Crippen LogP) is 2.52. The second-order valence-corrected chi connectivity index (χ2v) is 4.17. The summed E-state index contributed by atoms with van der Waals surface area (Å²) in [6, 6.07) is 11.8. The first-order valence-electron chi connectivity index (χ1n) is 5.64. The SMILES string of the molecule is CC(NC(=O)c1ccn(C)c1)c1ccccc1. The fourth-order valence-corrected chi connectivity index (χ4v) is 1.74. The number of rotatable bonds is 3. The lowest BCUT2D eigenvalue weighted by Gasteiger charge is -2.13. The lowest BCUT2D eigenvalue weighted by Crippen LogP contribution is -2.26. The van der Waals surface area contributed by atoms with Crippen LogP contribution < -0.4 is 5.32 Å². The molecule has 1 unspecified atom stereocenters. The monoisotopic (exact) mass is 228 g/mol. The molecule has 0 spiro atoms. The Bertz CT molecular complexity index is 502. The summed E-state index contributed by atoms with van der Waals surface area (Å²) in [5, 5.41) is 2.97. The van der Waals surface area contributed by atoms with Crippen LogP contribution in [0.5, 0.6) is 0 Å². The Labute approximate surface area is 101 Å². The number of carbonyl (C=O) groups is 1. The topological polar surface area (TPSA) is 34.0 Å². The van der Waals surface area contributed by atoms with E-state index >= 15 is 0 Å². The molecule has 0 saturated carbocycles. The summed E-state index contributed by atoms with van der Waals surface area (Å²) in [6.45, 7) is 1.98. The van der Waals surface area contributed by atoms with Crippen LogP contribution in [0.4, 0.5) is 0 Å². The number of nitrogens with zero attached hydrogens (tertiary/aromatic N) is 1. The molecule has 1 aromatic carbocycles. The molecule has 0 radical (unpaired) electrons. The van der Waals surface area contributed by atoms with Crippen LogP contribution in [0.3, 0.4) is 0 Å². The van der Waals surface area contributed by atoms with E-state index in [2.05, 4.69) is 5.32 Å². The molecule has 2 aromatic rings.